The fraction of sp³-hybridized carbons (Fsp3) is 1.00. The van der Waals surface area contributed by atoms with E-state index in [2.05, 4.69) is 5.32 Å². The van der Waals surface area contributed by atoms with Gasteiger partial charge in [0.25, 0.3) is 0 Å². The van der Waals surface area contributed by atoms with E-state index in [1.54, 1.807) is 0 Å². The zero-order valence-electron chi connectivity index (χ0n) is 6.67. The molecule has 3 N–H and O–H groups in total. The molecule has 3 nitrogen and oxygen atoms in total. The summed E-state index contributed by atoms with van der Waals surface area (Å²) in [4.78, 5) is 0. The van der Waals surface area contributed by atoms with Gasteiger partial charge < -0.3 is 15.5 Å². The molecule has 0 aromatic heterocycles. The Balaban J connectivity index is 3.12. The maximum Gasteiger partial charge on any atom is 0.0686 e. The van der Waals surface area contributed by atoms with Gasteiger partial charge in [0.15, 0.2) is 0 Å². The molecule has 0 rings (SSSR count). The Kier molecular flexibility index (Phi) is 5.58. The summed E-state index contributed by atoms with van der Waals surface area (Å²) in [6.45, 7) is 4.66. The average molecular weight is 147 g/mol. The molecule has 0 amide bonds. The van der Waals surface area contributed by atoms with Gasteiger partial charge in [-0.2, -0.15) is 0 Å². The lowest BCUT2D eigenvalue weighted by atomic mass is 10.2. The zero-order valence-corrected chi connectivity index (χ0v) is 6.67. The summed E-state index contributed by atoms with van der Waals surface area (Å²) >= 11 is 0. The van der Waals surface area contributed by atoms with E-state index in [9.17, 15) is 0 Å². The first kappa shape index (κ1) is 9.88. The first-order valence-corrected chi connectivity index (χ1v) is 3.69. The fourth-order valence-corrected chi connectivity index (χ4v) is 0.623. The molecule has 0 aliphatic carbocycles. The van der Waals surface area contributed by atoms with Crippen molar-refractivity contribution in [3.05, 3.63) is 0 Å². The van der Waals surface area contributed by atoms with Gasteiger partial charge in [0.05, 0.1) is 6.10 Å². The van der Waals surface area contributed by atoms with Crippen LogP contribution in [0.1, 0.15) is 20.3 Å². The van der Waals surface area contributed by atoms with Crippen molar-refractivity contribution < 1.29 is 10.2 Å². The van der Waals surface area contributed by atoms with Crippen LogP contribution in [0, 0.1) is 0 Å². The predicted octanol–water partition coefficient (Wildman–Crippen LogP) is -0.272. The SMILES string of the molecule is CC(C)NCC(O)CCO. The van der Waals surface area contributed by atoms with Gasteiger partial charge in [0.1, 0.15) is 0 Å². The number of aliphatic hydroxyl groups is 2. The van der Waals surface area contributed by atoms with Crippen molar-refractivity contribution in [1.29, 1.82) is 0 Å². The number of aliphatic hydroxyl groups excluding tert-OH is 2. The summed E-state index contributed by atoms with van der Waals surface area (Å²) < 4.78 is 0. The van der Waals surface area contributed by atoms with Crippen LogP contribution in [-0.2, 0) is 0 Å². The molecule has 1 atom stereocenters. The number of nitrogens with one attached hydrogen (secondary N) is 1. The van der Waals surface area contributed by atoms with Crippen LogP contribution < -0.4 is 5.32 Å². The molecular weight excluding hydrogens is 130 g/mol. The molecule has 0 saturated carbocycles. The first-order valence-electron chi connectivity index (χ1n) is 3.69. The Morgan fingerprint density at radius 1 is 1.40 bits per heavy atom. The summed E-state index contributed by atoms with van der Waals surface area (Å²) in [6.07, 6.45) is 0.0482. The van der Waals surface area contributed by atoms with E-state index in [1.165, 1.54) is 0 Å². The molecule has 0 saturated heterocycles. The summed E-state index contributed by atoms with van der Waals surface area (Å²) in [5.41, 5.74) is 0. The Labute approximate surface area is 62.1 Å². The molecule has 0 bridgehead atoms. The second-order valence-corrected chi connectivity index (χ2v) is 2.73. The van der Waals surface area contributed by atoms with Crippen LogP contribution in [0.4, 0.5) is 0 Å². The van der Waals surface area contributed by atoms with Gasteiger partial charge in [-0.05, 0) is 6.42 Å². The third-order valence-corrected chi connectivity index (χ3v) is 1.22. The molecule has 0 heterocycles. The molecule has 0 aromatic rings. The molecule has 1 unspecified atom stereocenters. The van der Waals surface area contributed by atoms with Crippen molar-refractivity contribution in [2.45, 2.75) is 32.4 Å². The summed E-state index contributed by atoms with van der Waals surface area (Å²) in [7, 11) is 0. The van der Waals surface area contributed by atoms with E-state index in [0.29, 0.717) is 19.0 Å². The van der Waals surface area contributed by atoms with Crippen LogP contribution in [0.2, 0.25) is 0 Å². The van der Waals surface area contributed by atoms with Gasteiger partial charge in [-0.25, -0.2) is 0 Å². The first-order chi connectivity index (χ1) is 4.66. The Morgan fingerprint density at radius 2 is 2.00 bits per heavy atom. The van der Waals surface area contributed by atoms with Crippen LogP contribution >= 0.6 is 0 Å². The number of hydrogen-bond acceptors (Lipinski definition) is 3. The highest BCUT2D eigenvalue weighted by Crippen LogP contribution is 1.88. The van der Waals surface area contributed by atoms with E-state index < -0.39 is 6.10 Å². The van der Waals surface area contributed by atoms with Crippen molar-refractivity contribution in [2.24, 2.45) is 0 Å². The normalized spacial score (nSPS) is 14.1. The van der Waals surface area contributed by atoms with Crippen molar-refractivity contribution in [3.8, 4) is 0 Å². The van der Waals surface area contributed by atoms with Gasteiger partial charge in [-0.15, -0.1) is 0 Å². The van der Waals surface area contributed by atoms with Gasteiger partial charge in [-0.3, -0.25) is 0 Å². The Bertz CT molecular complexity index is 76.0. The third-order valence-electron chi connectivity index (χ3n) is 1.22. The fourth-order valence-electron chi connectivity index (χ4n) is 0.623. The second-order valence-electron chi connectivity index (χ2n) is 2.73. The molecule has 0 radical (unpaired) electrons. The van der Waals surface area contributed by atoms with E-state index in [1.807, 2.05) is 13.8 Å². The van der Waals surface area contributed by atoms with Crippen LogP contribution in [-0.4, -0.2) is 35.5 Å². The van der Waals surface area contributed by atoms with Crippen LogP contribution in [0.15, 0.2) is 0 Å². The molecule has 10 heavy (non-hydrogen) atoms. The van der Waals surface area contributed by atoms with Crippen molar-refractivity contribution in [3.63, 3.8) is 0 Å². The number of rotatable bonds is 5. The van der Waals surface area contributed by atoms with E-state index in [-0.39, 0.29) is 6.61 Å². The largest absolute Gasteiger partial charge is 0.396 e. The van der Waals surface area contributed by atoms with Gasteiger partial charge in [0.2, 0.25) is 0 Å². The maximum absolute atomic E-state index is 9.08. The van der Waals surface area contributed by atoms with Crippen molar-refractivity contribution in [2.75, 3.05) is 13.2 Å². The maximum atomic E-state index is 9.08. The monoisotopic (exact) mass is 147 g/mol. The standard InChI is InChI=1S/C7H17NO2/c1-6(2)8-5-7(10)3-4-9/h6-10H,3-5H2,1-2H3. The van der Waals surface area contributed by atoms with Crippen LogP contribution in [0.5, 0.6) is 0 Å². The highest BCUT2D eigenvalue weighted by molar-refractivity contribution is 4.60. The highest BCUT2D eigenvalue weighted by atomic mass is 16.3. The van der Waals surface area contributed by atoms with E-state index >= 15 is 0 Å². The van der Waals surface area contributed by atoms with E-state index in [0.717, 1.165) is 0 Å². The minimum Gasteiger partial charge on any atom is -0.396 e. The molecule has 0 spiro atoms. The van der Waals surface area contributed by atoms with Gasteiger partial charge in [-0.1, -0.05) is 13.8 Å². The van der Waals surface area contributed by atoms with Gasteiger partial charge in [0, 0.05) is 19.2 Å². The minimum atomic E-state index is -0.410. The third kappa shape index (κ3) is 6.01. The summed E-state index contributed by atoms with van der Waals surface area (Å²) in [5.74, 6) is 0. The average Bonchev–Trinajstić information content (AvgIpc) is 1.85. The zero-order chi connectivity index (χ0) is 7.98. The molecule has 3 heteroatoms. The smallest absolute Gasteiger partial charge is 0.0686 e. The Hall–Kier alpha value is -0.120. The lowest BCUT2D eigenvalue weighted by Gasteiger charge is -2.12. The summed E-state index contributed by atoms with van der Waals surface area (Å²) in [5, 5.41) is 20.6. The number of hydrogen-bond donors (Lipinski definition) is 3. The highest BCUT2D eigenvalue weighted by Gasteiger charge is 2.02. The quantitative estimate of drug-likeness (QED) is 0.501. The topological polar surface area (TPSA) is 52.5 Å². The lowest BCUT2D eigenvalue weighted by molar-refractivity contribution is 0.129. The predicted molar refractivity (Wildman–Crippen MR) is 40.8 cm³/mol. The van der Waals surface area contributed by atoms with Crippen molar-refractivity contribution in [1.82, 2.24) is 5.32 Å². The summed E-state index contributed by atoms with van der Waals surface area (Å²) in [6, 6.07) is 0.397. The van der Waals surface area contributed by atoms with Crippen LogP contribution in [0.3, 0.4) is 0 Å². The van der Waals surface area contributed by atoms with Gasteiger partial charge >= 0.3 is 0 Å². The second kappa shape index (κ2) is 5.65. The molecule has 0 fully saturated rings. The molecule has 62 valence electrons. The van der Waals surface area contributed by atoms with E-state index in [4.69, 9.17) is 10.2 Å². The molecule has 0 aromatic carbocycles. The van der Waals surface area contributed by atoms with Crippen molar-refractivity contribution >= 4 is 0 Å². The molecule has 0 aliphatic rings. The molecular formula is C7H17NO2. The lowest BCUT2D eigenvalue weighted by Crippen LogP contribution is -2.32. The molecule has 0 aliphatic heterocycles. The minimum absolute atomic E-state index is 0.0565. The van der Waals surface area contributed by atoms with Crippen LogP contribution in [0.25, 0.3) is 0 Å². The Morgan fingerprint density at radius 3 is 2.40 bits per heavy atom.